The molecular weight excluding hydrogens is 450 g/mol. The van der Waals surface area contributed by atoms with E-state index in [9.17, 15) is 19.2 Å². The van der Waals surface area contributed by atoms with Crippen LogP contribution in [0.1, 0.15) is 28.8 Å². The number of halogens is 1. The standard InChI is InChI=1S/C23H22ClN3O4S/c24-18-10-8-17(9-11-18)21(29)26-12-4-7-20(28)25-13-14-27-22(30)19(32-23(27)31)15-16-5-2-1-3-6-16/h1-3,5-6,8-11,15H,4,7,12-14H2,(H,25,28)(H,26,29)/b19-15-. The molecule has 0 aliphatic carbocycles. The van der Waals surface area contributed by atoms with Gasteiger partial charge in [-0.25, -0.2) is 0 Å². The molecule has 1 saturated heterocycles. The van der Waals surface area contributed by atoms with Gasteiger partial charge in [-0.15, -0.1) is 0 Å². The third-order valence-corrected chi connectivity index (χ3v) is 5.76. The number of imide groups is 1. The third-order valence-electron chi connectivity index (χ3n) is 4.60. The minimum atomic E-state index is -0.358. The summed E-state index contributed by atoms with van der Waals surface area (Å²) in [7, 11) is 0. The Morgan fingerprint density at radius 1 is 0.969 bits per heavy atom. The number of benzene rings is 2. The maximum atomic E-state index is 12.5. The number of carbonyl (C=O) groups is 4. The van der Waals surface area contributed by atoms with E-state index in [2.05, 4.69) is 10.6 Å². The van der Waals surface area contributed by atoms with E-state index >= 15 is 0 Å². The zero-order valence-electron chi connectivity index (χ0n) is 17.2. The average molecular weight is 472 g/mol. The molecule has 0 unspecified atom stereocenters. The van der Waals surface area contributed by atoms with Crippen molar-refractivity contribution in [2.24, 2.45) is 0 Å². The van der Waals surface area contributed by atoms with Gasteiger partial charge in [0.15, 0.2) is 0 Å². The summed E-state index contributed by atoms with van der Waals surface area (Å²) in [5.74, 6) is -0.800. The van der Waals surface area contributed by atoms with Crippen LogP contribution in [0.3, 0.4) is 0 Å². The number of nitrogens with zero attached hydrogens (tertiary/aromatic N) is 1. The molecule has 1 aliphatic heterocycles. The first-order chi connectivity index (χ1) is 15.4. The van der Waals surface area contributed by atoms with Crippen LogP contribution in [0.4, 0.5) is 4.79 Å². The quantitative estimate of drug-likeness (QED) is 0.429. The molecule has 1 heterocycles. The van der Waals surface area contributed by atoms with Gasteiger partial charge in [-0.3, -0.25) is 24.1 Å². The highest BCUT2D eigenvalue weighted by Crippen LogP contribution is 2.31. The zero-order valence-corrected chi connectivity index (χ0v) is 18.7. The van der Waals surface area contributed by atoms with Crippen LogP contribution in [0, 0.1) is 0 Å². The SMILES string of the molecule is O=C(CCCNC(=O)c1ccc(Cl)cc1)NCCN1C(=O)S/C(=C\c2ccccc2)C1=O. The van der Waals surface area contributed by atoms with E-state index in [0.29, 0.717) is 28.5 Å². The van der Waals surface area contributed by atoms with Crippen molar-refractivity contribution in [3.63, 3.8) is 0 Å². The van der Waals surface area contributed by atoms with Gasteiger partial charge in [0, 0.05) is 36.6 Å². The molecule has 1 aliphatic rings. The van der Waals surface area contributed by atoms with Gasteiger partial charge in [0.2, 0.25) is 5.91 Å². The summed E-state index contributed by atoms with van der Waals surface area (Å²) in [6, 6.07) is 15.8. The Balaban J connectivity index is 1.35. The van der Waals surface area contributed by atoms with Crippen LogP contribution in [0.2, 0.25) is 5.02 Å². The van der Waals surface area contributed by atoms with E-state index in [1.807, 2.05) is 30.3 Å². The number of rotatable bonds is 9. The molecule has 2 aromatic carbocycles. The molecule has 7 nitrogen and oxygen atoms in total. The minimum Gasteiger partial charge on any atom is -0.354 e. The lowest BCUT2D eigenvalue weighted by Gasteiger charge is -2.13. The van der Waals surface area contributed by atoms with Crippen LogP contribution in [0.15, 0.2) is 59.5 Å². The molecule has 166 valence electrons. The molecule has 3 rings (SSSR count). The smallest absolute Gasteiger partial charge is 0.293 e. The Kier molecular flexibility index (Phi) is 8.47. The fraction of sp³-hybridized carbons (Fsp3) is 0.217. The second kappa shape index (κ2) is 11.5. The van der Waals surface area contributed by atoms with E-state index in [1.54, 1.807) is 30.3 Å². The van der Waals surface area contributed by atoms with E-state index in [1.165, 1.54) is 0 Å². The molecule has 4 amide bonds. The van der Waals surface area contributed by atoms with Gasteiger partial charge in [-0.1, -0.05) is 41.9 Å². The molecule has 0 atom stereocenters. The molecule has 32 heavy (non-hydrogen) atoms. The minimum absolute atomic E-state index is 0.107. The van der Waals surface area contributed by atoms with Gasteiger partial charge in [0.25, 0.3) is 17.1 Å². The first kappa shape index (κ1) is 23.6. The molecule has 0 spiro atoms. The summed E-state index contributed by atoms with van der Waals surface area (Å²) in [6.45, 7) is 0.630. The van der Waals surface area contributed by atoms with Crippen LogP contribution in [0.25, 0.3) is 6.08 Å². The summed E-state index contributed by atoms with van der Waals surface area (Å²) in [5.41, 5.74) is 1.34. The second-order valence-corrected chi connectivity index (χ2v) is 8.39. The summed E-state index contributed by atoms with van der Waals surface area (Å²) in [4.78, 5) is 50.1. The van der Waals surface area contributed by atoms with Crippen molar-refractivity contribution in [3.05, 3.63) is 75.7 Å². The van der Waals surface area contributed by atoms with Crippen LogP contribution < -0.4 is 10.6 Å². The maximum absolute atomic E-state index is 12.5. The van der Waals surface area contributed by atoms with Gasteiger partial charge in [0.1, 0.15) is 0 Å². The topological polar surface area (TPSA) is 95.6 Å². The normalized spacial score (nSPS) is 14.7. The molecule has 2 aromatic rings. The molecule has 0 aromatic heterocycles. The Bertz CT molecular complexity index is 1030. The number of hydrogen-bond donors (Lipinski definition) is 2. The fourth-order valence-corrected chi connectivity index (χ4v) is 3.93. The van der Waals surface area contributed by atoms with Crippen molar-refractivity contribution in [1.82, 2.24) is 15.5 Å². The average Bonchev–Trinajstić information content (AvgIpc) is 3.05. The Morgan fingerprint density at radius 2 is 1.69 bits per heavy atom. The molecular formula is C23H22ClN3O4S. The van der Waals surface area contributed by atoms with Crippen molar-refractivity contribution in [3.8, 4) is 0 Å². The van der Waals surface area contributed by atoms with Gasteiger partial charge < -0.3 is 10.6 Å². The predicted molar refractivity (Wildman–Crippen MR) is 125 cm³/mol. The zero-order chi connectivity index (χ0) is 22.9. The number of amides is 4. The highest BCUT2D eigenvalue weighted by Gasteiger charge is 2.34. The Labute approximate surface area is 195 Å². The monoisotopic (exact) mass is 471 g/mol. The van der Waals surface area contributed by atoms with Crippen LogP contribution in [-0.2, 0) is 9.59 Å². The largest absolute Gasteiger partial charge is 0.354 e. The Hall–Kier alpha value is -3.10. The molecule has 1 fully saturated rings. The van der Waals surface area contributed by atoms with Crippen molar-refractivity contribution in [1.29, 1.82) is 0 Å². The van der Waals surface area contributed by atoms with E-state index < -0.39 is 0 Å². The summed E-state index contributed by atoms with van der Waals surface area (Å²) >= 11 is 6.69. The molecule has 2 N–H and O–H groups in total. The van der Waals surface area contributed by atoms with E-state index in [4.69, 9.17) is 11.6 Å². The van der Waals surface area contributed by atoms with Gasteiger partial charge >= 0.3 is 0 Å². The van der Waals surface area contributed by atoms with E-state index in [0.717, 1.165) is 22.2 Å². The van der Waals surface area contributed by atoms with Crippen LogP contribution in [-0.4, -0.2) is 47.5 Å². The summed E-state index contributed by atoms with van der Waals surface area (Å²) in [6.07, 6.45) is 2.37. The van der Waals surface area contributed by atoms with Gasteiger partial charge in [-0.2, -0.15) is 0 Å². The lowest BCUT2D eigenvalue weighted by atomic mass is 10.2. The van der Waals surface area contributed by atoms with Crippen LogP contribution >= 0.6 is 23.4 Å². The summed E-state index contributed by atoms with van der Waals surface area (Å²) < 4.78 is 0. The van der Waals surface area contributed by atoms with Gasteiger partial charge in [-0.05, 0) is 54.1 Å². The number of nitrogens with one attached hydrogen (secondary N) is 2. The third kappa shape index (κ3) is 6.70. The van der Waals surface area contributed by atoms with Crippen molar-refractivity contribution in [2.45, 2.75) is 12.8 Å². The molecule has 0 radical (unpaired) electrons. The maximum Gasteiger partial charge on any atom is 0.293 e. The lowest BCUT2D eigenvalue weighted by molar-refractivity contribution is -0.124. The van der Waals surface area contributed by atoms with Crippen molar-refractivity contribution < 1.29 is 19.2 Å². The number of carbonyl (C=O) groups excluding carboxylic acids is 4. The predicted octanol–water partition coefficient (Wildman–Crippen LogP) is 3.70. The molecule has 9 heteroatoms. The number of thioether (sulfide) groups is 1. The lowest BCUT2D eigenvalue weighted by Crippen LogP contribution is -2.37. The van der Waals surface area contributed by atoms with Crippen molar-refractivity contribution in [2.75, 3.05) is 19.6 Å². The Morgan fingerprint density at radius 3 is 2.41 bits per heavy atom. The first-order valence-corrected chi connectivity index (χ1v) is 11.2. The summed E-state index contributed by atoms with van der Waals surface area (Å²) in [5, 5.41) is 5.65. The first-order valence-electron chi connectivity index (χ1n) is 10.0. The highest BCUT2D eigenvalue weighted by atomic mass is 35.5. The molecule has 0 saturated carbocycles. The number of hydrogen-bond acceptors (Lipinski definition) is 5. The molecule has 0 bridgehead atoms. The van der Waals surface area contributed by atoms with E-state index in [-0.39, 0.29) is 42.5 Å². The fourth-order valence-electron chi connectivity index (χ4n) is 2.94. The van der Waals surface area contributed by atoms with Gasteiger partial charge in [0.05, 0.1) is 4.91 Å². The van der Waals surface area contributed by atoms with Crippen LogP contribution in [0.5, 0.6) is 0 Å². The van der Waals surface area contributed by atoms with Crippen molar-refractivity contribution >= 4 is 52.4 Å². The highest BCUT2D eigenvalue weighted by molar-refractivity contribution is 8.18. The second-order valence-electron chi connectivity index (χ2n) is 6.96.